The Hall–Kier alpha value is -2.60. The molecule has 0 radical (unpaired) electrons. The number of amides is 1. The highest BCUT2D eigenvalue weighted by Crippen LogP contribution is 2.40. The molecule has 0 saturated heterocycles. The van der Waals surface area contributed by atoms with Crippen molar-refractivity contribution < 1.29 is 9.21 Å². The van der Waals surface area contributed by atoms with Gasteiger partial charge >= 0.3 is 0 Å². The minimum Gasteiger partial charge on any atom is -0.450 e. The lowest BCUT2D eigenvalue weighted by molar-refractivity contribution is 0.0714. The van der Waals surface area contributed by atoms with Crippen LogP contribution in [0.5, 0.6) is 0 Å². The average molecular weight is 529 g/mol. The quantitative estimate of drug-likeness (QED) is 0.290. The van der Waals surface area contributed by atoms with Gasteiger partial charge in [-0.05, 0) is 53.9 Å². The Morgan fingerprint density at radius 1 is 1.00 bits per heavy atom. The van der Waals surface area contributed by atoms with E-state index in [4.69, 9.17) is 27.6 Å². The van der Waals surface area contributed by atoms with E-state index in [2.05, 4.69) is 15.9 Å². The van der Waals surface area contributed by atoms with Crippen LogP contribution in [-0.2, 0) is 6.54 Å². The number of aryl methyl sites for hydroxylation is 1. The molecule has 0 aliphatic carbocycles. The van der Waals surface area contributed by atoms with Crippen molar-refractivity contribution in [1.29, 1.82) is 0 Å². The van der Waals surface area contributed by atoms with E-state index in [0.29, 0.717) is 26.6 Å². The van der Waals surface area contributed by atoms with Gasteiger partial charge in [-0.3, -0.25) is 9.59 Å². The molecule has 4 aromatic rings. The molecule has 1 aromatic heterocycles. The summed E-state index contributed by atoms with van der Waals surface area (Å²) in [5.74, 6) is -0.288. The minimum absolute atomic E-state index is 0.0594. The van der Waals surface area contributed by atoms with Gasteiger partial charge < -0.3 is 9.32 Å². The summed E-state index contributed by atoms with van der Waals surface area (Å²) >= 11 is 16.1. The van der Waals surface area contributed by atoms with E-state index in [1.54, 1.807) is 23.1 Å². The predicted octanol–water partition coefficient (Wildman–Crippen LogP) is 6.92. The highest BCUT2D eigenvalue weighted by molar-refractivity contribution is 9.10. The summed E-state index contributed by atoms with van der Waals surface area (Å²) in [6.45, 7) is 2.06. The zero-order valence-corrected chi connectivity index (χ0v) is 20.0. The van der Waals surface area contributed by atoms with Crippen LogP contribution in [0.1, 0.15) is 38.9 Å². The Labute approximate surface area is 202 Å². The average Bonchev–Trinajstić information content (AvgIpc) is 3.04. The molecule has 0 N–H and O–H groups in total. The highest BCUT2D eigenvalue weighted by atomic mass is 79.9. The Morgan fingerprint density at radius 2 is 1.72 bits per heavy atom. The van der Waals surface area contributed by atoms with Gasteiger partial charge in [0.15, 0.2) is 5.43 Å². The van der Waals surface area contributed by atoms with Crippen LogP contribution in [0.4, 0.5) is 0 Å². The fourth-order valence-electron chi connectivity index (χ4n) is 4.11. The largest absolute Gasteiger partial charge is 0.450 e. The van der Waals surface area contributed by atoms with E-state index < -0.39 is 6.04 Å². The van der Waals surface area contributed by atoms with Gasteiger partial charge in [-0.15, -0.1) is 0 Å². The normalized spacial score (nSPS) is 15.4. The second kappa shape index (κ2) is 8.07. The Kier molecular flexibility index (Phi) is 5.36. The van der Waals surface area contributed by atoms with Crippen molar-refractivity contribution in [1.82, 2.24) is 4.90 Å². The molecule has 7 heteroatoms. The lowest BCUT2D eigenvalue weighted by Crippen LogP contribution is -2.29. The first-order valence-electron chi connectivity index (χ1n) is 9.92. The third kappa shape index (κ3) is 3.45. The molecule has 1 unspecified atom stereocenters. The van der Waals surface area contributed by atoms with Gasteiger partial charge in [0.25, 0.3) is 5.91 Å². The van der Waals surface area contributed by atoms with Crippen molar-refractivity contribution in [3.05, 3.63) is 113 Å². The molecule has 0 bridgehead atoms. The van der Waals surface area contributed by atoms with Crippen LogP contribution in [0.15, 0.2) is 74.3 Å². The van der Waals surface area contributed by atoms with Crippen LogP contribution >= 0.6 is 39.1 Å². The van der Waals surface area contributed by atoms with E-state index in [1.165, 1.54) is 0 Å². The van der Waals surface area contributed by atoms with Gasteiger partial charge in [-0.2, -0.15) is 0 Å². The third-order valence-corrected chi connectivity index (χ3v) is 7.04. The topological polar surface area (TPSA) is 50.5 Å². The van der Waals surface area contributed by atoms with Gasteiger partial charge in [0.05, 0.1) is 17.0 Å². The van der Waals surface area contributed by atoms with Gasteiger partial charge in [0.1, 0.15) is 5.58 Å². The summed E-state index contributed by atoms with van der Waals surface area (Å²) in [6.07, 6.45) is 0. The second-order valence-electron chi connectivity index (χ2n) is 7.75. The van der Waals surface area contributed by atoms with Crippen molar-refractivity contribution in [2.75, 3.05) is 0 Å². The maximum Gasteiger partial charge on any atom is 0.291 e. The monoisotopic (exact) mass is 527 g/mol. The van der Waals surface area contributed by atoms with Gasteiger partial charge in [-0.1, -0.05) is 69.5 Å². The SMILES string of the molecule is Cc1cc2oc3c(c(=O)c2cc1Cl)C(c1ccc(Br)cc1)N(Cc1ccccc1Cl)C3=O. The molecule has 5 rings (SSSR count). The summed E-state index contributed by atoms with van der Waals surface area (Å²) < 4.78 is 6.91. The maximum absolute atomic E-state index is 13.6. The van der Waals surface area contributed by atoms with Crippen molar-refractivity contribution in [3.63, 3.8) is 0 Å². The number of halogens is 3. The van der Waals surface area contributed by atoms with E-state index in [-0.39, 0.29) is 23.6 Å². The van der Waals surface area contributed by atoms with E-state index in [9.17, 15) is 9.59 Å². The van der Waals surface area contributed by atoms with Crippen molar-refractivity contribution in [3.8, 4) is 0 Å². The smallest absolute Gasteiger partial charge is 0.291 e. The van der Waals surface area contributed by atoms with Gasteiger partial charge in [0.2, 0.25) is 5.76 Å². The molecule has 32 heavy (non-hydrogen) atoms. The third-order valence-electron chi connectivity index (χ3n) is 5.73. The number of rotatable bonds is 3. The zero-order chi connectivity index (χ0) is 22.6. The fourth-order valence-corrected chi connectivity index (χ4v) is 4.73. The first kappa shape index (κ1) is 21.3. The molecule has 0 saturated carbocycles. The van der Waals surface area contributed by atoms with Crippen LogP contribution in [0.25, 0.3) is 11.0 Å². The molecule has 0 spiro atoms. The standard InChI is InChI=1S/C25H16BrCl2NO3/c1-13-10-20-17(11-19(13)28)23(30)21-22(14-6-8-16(26)9-7-14)29(25(31)24(21)32-20)12-15-4-2-3-5-18(15)27/h2-11,22H,12H2,1H3. The number of fused-ring (bicyclic) bond motifs is 2. The fraction of sp³-hybridized carbons (Fsp3) is 0.120. The van der Waals surface area contributed by atoms with Crippen molar-refractivity contribution in [2.45, 2.75) is 19.5 Å². The number of carbonyl (C=O) groups excluding carboxylic acids is 1. The predicted molar refractivity (Wildman–Crippen MR) is 130 cm³/mol. The minimum atomic E-state index is -0.609. The van der Waals surface area contributed by atoms with E-state index in [1.807, 2.05) is 49.4 Å². The summed E-state index contributed by atoms with van der Waals surface area (Å²) in [5.41, 5.74) is 2.76. The number of carbonyl (C=O) groups is 1. The molecule has 1 atom stereocenters. The maximum atomic E-state index is 13.6. The van der Waals surface area contributed by atoms with E-state index in [0.717, 1.165) is 21.2 Å². The molecular formula is C25H16BrCl2NO3. The molecule has 1 amide bonds. The molecule has 2 heterocycles. The molecule has 4 nitrogen and oxygen atoms in total. The molecule has 0 fully saturated rings. The molecule has 1 aliphatic rings. The highest BCUT2D eigenvalue weighted by Gasteiger charge is 2.42. The number of nitrogens with zero attached hydrogens (tertiary/aromatic N) is 1. The number of hydrogen-bond donors (Lipinski definition) is 0. The first-order valence-corrected chi connectivity index (χ1v) is 11.5. The Bertz CT molecular complexity index is 1450. The second-order valence-corrected chi connectivity index (χ2v) is 9.48. The molecule has 1 aliphatic heterocycles. The first-order chi connectivity index (χ1) is 15.3. The lowest BCUT2D eigenvalue weighted by Gasteiger charge is -2.25. The Morgan fingerprint density at radius 3 is 2.44 bits per heavy atom. The van der Waals surface area contributed by atoms with Crippen LogP contribution in [0.3, 0.4) is 0 Å². The molecule has 3 aromatic carbocycles. The van der Waals surface area contributed by atoms with Gasteiger partial charge in [0, 0.05) is 21.1 Å². The summed E-state index contributed by atoms with van der Waals surface area (Å²) in [6, 6.07) is 17.6. The van der Waals surface area contributed by atoms with E-state index >= 15 is 0 Å². The summed E-state index contributed by atoms with van der Waals surface area (Å²) in [5, 5.41) is 1.38. The van der Waals surface area contributed by atoms with Crippen molar-refractivity contribution in [2.24, 2.45) is 0 Å². The van der Waals surface area contributed by atoms with Crippen molar-refractivity contribution >= 4 is 56.0 Å². The number of hydrogen-bond acceptors (Lipinski definition) is 3. The van der Waals surface area contributed by atoms with Crippen LogP contribution < -0.4 is 5.43 Å². The van der Waals surface area contributed by atoms with Crippen LogP contribution in [0, 0.1) is 6.92 Å². The zero-order valence-electron chi connectivity index (χ0n) is 16.9. The Balaban J connectivity index is 1.75. The van der Waals surface area contributed by atoms with Gasteiger partial charge in [-0.25, -0.2) is 0 Å². The van der Waals surface area contributed by atoms with Crippen LogP contribution in [0.2, 0.25) is 10.0 Å². The molecule has 160 valence electrons. The number of benzene rings is 3. The lowest BCUT2D eigenvalue weighted by atomic mass is 9.98. The molecular weight excluding hydrogens is 513 g/mol. The summed E-state index contributed by atoms with van der Waals surface area (Å²) in [7, 11) is 0. The van der Waals surface area contributed by atoms with Crippen LogP contribution in [-0.4, -0.2) is 10.8 Å². The summed E-state index contributed by atoms with van der Waals surface area (Å²) in [4.78, 5) is 28.8.